The fraction of sp³-hybridized carbons (Fsp3) is 0. The molecule has 0 saturated carbocycles. The molecule has 3 rings (SSSR count). The predicted molar refractivity (Wildman–Crippen MR) is 104 cm³/mol. The van der Waals surface area contributed by atoms with Crippen molar-refractivity contribution in [2.45, 2.75) is 4.90 Å². The SMILES string of the molecule is O=C1NC(=S)N(c2ccc(Cl)cc2)C(=O)/C1=C/c1ccc(O)c(S(=O)(=O)[O-])c1.[Na+]. The summed E-state index contributed by atoms with van der Waals surface area (Å²) in [7, 11) is -4.95. The Kier molecular flexibility index (Phi) is 7.23. The first kappa shape index (κ1) is 23.5. The second-order valence-corrected chi connectivity index (χ2v) is 7.79. The van der Waals surface area contributed by atoms with Crippen LogP contribution in [0.5, 0.6) is 5.75 Å². The van der Waals surface area contributed by atoms with Crippen LogP contribution in [0.4, 0.5) is 5.69 Å². The van der Waals surface area contributed by atoms with Gasteiger partial charge in [0.05, 0.1) is 10.6 Å². The standard InChI is InChI=1S/C17H11ClN2O6S2.Na/c18-10-2-4-11(5-3-10)20-16(23)12(15(22)19-17(20)27)7-9-1-6-13(21)14(8-9)28(24,25)26;/h1-8,21H,(H,19,22,27)(H,24,25,26);/q;+1/p-1/b12-7+;. The summed E-state index contributed by atoms with van der Waals surface area (Å²) in [5.41, 5.74) is 0.0666. The summed E-state index contributed by atoms with van der Waals surface area (Å²) in [5.74, 6) is -2.28. The average molecular weight is 461 g/mol. The van der Waals surface area contributed by atoms with Gasteiger partial charge in [-0.05, 0) is 60.3 Å². The molecule has 8 nitrogen and oxygen atoms in total. The maximum atomic E-state index is 12.8. The third kappa shape index (κ3) is 5.04. The van der Waals surface area contributed by atoms with Crippen LogP contribution in [-0.2, 0) is 19.7 Å². The molecule has 1 aliphatic heterocycles. The number of amides is 2. The smallest absolute Gasteiger partial charge is 0.744 e. The summed E-state index contributed by atoms with van der Waals surface area (Å²) in [6, 6.07) is 9.23. The zero-order valence-corrected chi connectivity index (χ0v) is 19.1. The van der Waals surface area contributed by atoms with Crippen molar-refractivity contribution in [3.05, 3.63) is 58.6 Å². The van der Waals surface area contributed by atoms with Crippen molar-refractivity contribution in [2.75, 3.05) is 4.90 Å². The van der Waals surface area contributed by atoms with Crippen LogP contribution in [0.15, 0.2) is 52.9 Å². The average Bonchev–Trinajstić information content (AvgIpc) is 2.60. The predicted octanol–water partition coefficient (Wildman–Crippen LogP) is -1.22. The molecule has 1 saturated heterocycles. The molecule has 2 amide bonds. The van der Waals surface area contributed by atoms with Gasteiger partial charge < -0.3 is 9.66 Å². The van der Waals surface area contributed by atoms with Crippen molar-refractivity contribution < 1.29 is 57.2 Å². The second kappa shape index (κ2) is 8.92. The number of phenolic OH excluding ortho intramolecular Hbond substituents is 1. The summed E-state index contributed by atoms with van der Waals surface area (Å²) in [4.78, 5) is 25.3. The van der Waals surface area contributed by atoms with Gasteiger partial charge in [-0.2, -0.15) is 0 Å². The van der Waals surface area contributed by atoms with Crippen molar-refractivity contribution in [1.29, 1.82) is 0 Å². The van der Waals surface area contributed by atoms with Gasteiger partial charge in [-0.3, -0.25) is 19.8 Å². The summed E-state index contributed by atoms with van der Waals surface area (Å²) in [5, 5.41) is 12.2. The Morgan fingerprint density at radius 1 is 1.14 bits per heavy atom. The summed E-state index contributed by atoms with van der Waals surface area (Å²) >= 11 is 10.9. The van der Waals surface area contributed by atoms with Crippen molar-refractivity contribution in [1.82, 2.24) is 5.32 Å². The van der Waals surface area contributed by atoms with Gasteiger partial charge in [0, 0.05) is 5.02 Å². The molecule has 0 aliphatic carbocycles. The topological polar surface area (TPSA) is 127 Å². The zero-order valence-electron chi connectivity index (χ0n) is 14.7. The van der Waals surface area contributed by atoms with Crippen molar-refractivity contribution in [3.63, 3.8) is 0 Å². The van der Waals surface area contributed by atoms with Crippen LogP contribution < -0.4 is 39.8 Å². The number of hydrogen-bond donors (Lipinski definition) is 2. The molecule has 1 heterocycles. The summed E-state index contributed by atoms with van der Waals surface area (Å²) < 4.78 is 33.6. The van der Waals surface area contributed by atoms with Crippen LogP contribution in [0.1, 0.15) is 5.56 Å². The molecule has 12 heteroatoms. The van der Waals surface area contributed by atoms with E-state index in [0.717, 1.165) is 23.1 Å². The van der Waals surface area contributed by atoms with E-state index in [0.29, 0.717) is 10.7 Å². The monoisotopic (exact) mass is 460 g/mol. The normalized spacial score (nSPS) is 15.9. The first-order valence-electron chi connectivity index (χ1n) is 7.54. The van der Waals surface area contributed by atoms with E-state index in [-0.39, 0.29) is 45.8 Å². The van der Waals surface area contributed by atoms with Gasteiger partial charge in [0.25, 0.3) is 11.8 Å². The molecule has 0 spiro atoms. The number of anilines is 1. The summed E-state index contributed by atoms with van der Waals surface area (Å²) in [6.45, 7) is 0. The molecule has 2 aromatic rings. The maximum absolute atomic E-state index is 12.8. The van der Waals surface area contributed by atoms with Crippen molar-refractivity contribution >= 4 is 62.6 Å². The van der Waals surface area contributed by atoms with E-state index in [4.69, 9.17) is 23.8 Å². The number of nitrogens with zero attached hydrogens (tertiary/aromatic N) is 1. The maximum Gasteiger partial charge on any atom is 1.00 e. The van der Waals surface area contributed by atoms with Gasteiger partial charge in [-0.1, -0.05) is 17.7 Å². The van der Waals surface area contributed by atoms with Crippen molar-refractivity contribution in [2.24, 2.45) is 0 Å². The molecule has 1 aliphatic rings. The number of hydrogen-bond acceptors (Lipinski definition) is 7. The van der Waals surface area contributed by atoms with Crippen LogP contribution >= 0.6 is 23.8 Å². The fourth-order valence-electron chi connectivity index (χ4n) is 2.47. The number of rotatable bonds is 3. The van der Waals surface area contributed by atoms with Crippen LogP contribution in [0.2, 0.25) is 5.02 Å². The molecule has 0 bridgehead atoms. The van der Waals surface area contributed by atoms with E-state index in [1.165, 1.54) is 30.3 Å². The Balaban J connectivity index is 0.00000300. The van der Waals surface area contributed by atoms with Crippen LogP contribution in [0.3, 0.4) is 0 Å². The minimum atomic E-state index is -4.95. The largest absolute Gasteiger partial charge is 1.00 e. The van der Waals surface area contributed by atoms with Gasteiger partial charge >= 0.3 is 29.6 Å². The molecule has 0 atom stereocenters. The number of aromatic hydroxyl groups is 1. The Hall–Kier alpha value is -1.79. The van der Waals surface area contributed by atoms with Gasteiger partial charge in [-0.25, -0.2) is 8.42 Å². The number of phenols is 1. The van der Waals surface area contributed by atoms with E-state index >= 15 is 0 Å². The molecular weight excluding hydrogens is 451 g/mol. The van der Waals surface area contributed by atoms with Crippen LogP contribution in [0.25, 0.3) is 6.08 Å². The molecule has 0 aromatic heterocycles. The Morgan fingerprint density at radius 2 is 1.76 bits per heavy atom. The van der Waals surface area contributed by atoms with Gasteiger partial charge in [0.15, 0.2) is 5.11 Å². The molecule has 2 N–H and O–H groups in total. The van der Waals surface area contributed by atoms with Crippen LogP contribution in [-0.4, -0.2) is 35.0 Å². The Morgan fingerprint density at radius 3 is 2.34 bits per heavy atom. The van der Waals surface area contributed by atoms with E-state index in [2.05, 4.69) is 5.32 Å². The van der Waals surface area contributed by atoms with Gasteiger partial charge in [0.1, 0.15) is 21.4 Å². The third-order valence-electron chi connectivity index (χ3n) is 3.75. The zero-order chi connectivity index (χ0) is 20.6. The molecule has 29 heavy (non-hydrogen) atoms. The van der Waals surface area contributed by atoms with E-state index in [1.54, 1.807) is 0 Å². The minimum Gasteiger partial charge on any atom is -0.744 e. The van der Waals surface area contributed by atoms with Gasteiger partial charge in [0.2, 0.25) is 0 Å². The molecule has 2 aromatic carbocycles. The van der Waals surface area contributed by atoms with Crippen LogP contribution in [0, 0.1) is 0 Å². The minimum absolute atomic E-state index is 0. The Labute approximate surface area is 198 Å². The fourth-order valence-corrected chi connectivity index (χ4v) is 3.48. The number of thiocarbonyl (C=S) groups is 1. The third-order valence-corrected chi connectivity index (χ3v) is 5.15. The molecular formula is C17H10ClN2NaO6S2. The molecule has 1 fully saturated rings. The number of carbonyl (C=O) groups excluding carboxylic acids is 2. The van der Waals surface area contributed by atoms with E-state index < -0.39 is 32.6 Å². The number of benzene rings is 2. The van der Waals surface area contributed by atoms with Crippen molar-refractivity contribution in [3.8, 4) is 5.75 Å². The number of carbonyl (C=O) groups is 2. The number of halogens is 1. The first-order chi connectivity index (χ1) is 13.1. The van der Waals surface area contributed by atoms with Gasteiger partial charge in [-0.15, -0.1) is 0 Å². The quantitative estimate of drug-likeness (QED) is 0.193. The van der Waals surface area contributed by atoms with E-state index in [1.807, 2.05) is 0 Å². The second-order valence-electron chi connectivity index (χ2n) is 5.62. The number of nitrogens with one attached hydrogen (secondary N) is 1. The molecule has 0 unspecified atom stereocenters. The summed E-state index contributed by atoms with van der Waals surface area (Å²) in [6.07, 6.45) is 1.09. The molecule has 144 valence electrons. The first-order valence-corrected chi connectivity index (χ1v) is 9.73. The molecule has 0 radical (unpaired) electrons. The Bertz CT molecular complexity index is 1150. The van der Waals surface area contributed by atoms with E-state index in [9.17, 15) is 27.7 Å².